The van der Waals surface area contributed by atoms with Crippen LogP contribution in [0.15, 0.2) is 36.8 Å². The van der Waals surface area contributed by atoms with E-state index < -0.39 is 0 Å². The van der Waals surface area contributed by atoms with Crippen molar-refractivity contribution in [3.8, 4) is 0 Å². The van der Waals surface area contributed by atoms with Crippen molar-refractivity contribution >= 4 is 11.8 Å². The second kappa shape index (κ2) is 7.23. The number of carbonyl (C=O) groups excluding carboxylic acids is 2. The molecule has 0 saturated carbocycles. The molecule has 134 valence electrons. The van der Waals surface area contributed by atoms with E-state index in [1.807, 2.05) is 4.90 Å². The fourth-order valence-electron chi connectivity index (χ4n) is 3.75. The SMILES string of the molecule is O=C(Cc1ccc2c(c1)CCC2)N1CCN(C(=O)c2cnccn2)CC1. The predicted molar refractivity (Wildman–Crippen MR) is 96.7 cm³/mol. The minimum atomic E-state index is -0.121. The van der Waals surface area contributed by atoms with Gasteiger partial charge in [-0.3, -0.25) is 14.6 Å². The summed E-state index contributed by atoms with van der Waals surface area (Å²) in [5.41, 5.74) is 4.27. The summed E-state index contributed by atoms with van der Waals surface area (Å²) in [5, 5.41) is 0. The summed E-state index contributed by atoms with van der Waals surface area (Å²) in [7, 11) is 0. The molecule has 2 amide bonds. The fourth-order valence-corrected chi connectivity index (χ4v) is 3.75. The molecule has 1 saturated heterocycles. The van der Waals surface area contributed by atoms with E-state index in [1.54, 1.807) is 11.1 Å². The third-order valence-corrected chi connectivity index (χ3v) is 5.22. The van der Waals surface area contributed by atoms with Gasteiger partial charge in [-0.05, 0) is 36.0 Å². The number of amides is 2. The lowest BCUT2D eigenvalue weighted by Gasteiger charge is -2.34. The summed E-state index contributed by atoms with van der Waals surface area (Å²) in [4.78, 5) is 36.6. The number of nitrogens with zero attached hydrogens (tertiary/aromatic N) is 4. The van der Waals surface area contributed by atoms with Crippen LogP contribution in [0.5, 0.6) is 0 Å². The summed E-state index contributed by atoms with van der Waals surface area (Å²) >= 11 is 0. The van der Waals surface area contributed by atoms with Gasteiger partial charge in [0.15, 0.2) is 0 Å². The van der Waals surface area contributed by atoms with Gasteiger partial charge in [0.2, 0.25) is 5.91 Å². The van der Waals surface area contributed by atoms with E-state index in [4.69, 9.17) is 0 Å². The molecule has 0 unspecified atom stereocenters. The molecule has 1 aromatic carbocycles. The maximum atomic E-state index is 12.6. The molecule has 1 fully saturated rings. The van der Waals surface area contributed by atoms with Crippen LogP contribution in [0.25, 0.3) is 0 Å². The third-order valence-electron chi connectivity index (χ3n) is 5.22. The molecule has 1 aliphatic carbocycles. The van der Waals surface area contributed by atoms with E-state index in [2.05, 4.69) is 28.2 Å². The van der Waals surface area contributed by atoms with Crippen LogP contribution in [0, 0.1) is 0 Å². The number of hydrogen-bond acceptors (Lipinski definition) is 4. The molecule has 2 aromatic rings. The van der Waals surface area contributed by atoms with E-state index >= 15 is 0 Å². The number of carbonyl (C=O) groups is 2. The van der Waals surface area contributed by atoms with Crippen LogP contribution in [0.1, 0.15) is 33.6 Å². The van der Waals surface area contributed by atoms with Crippen LogP contribution in [0.4, 0.5) is 0 Å². The first-order valence-electron chi connectivity index (χ1n) is 9.14. The smallest absolute Gasteiger partial charge is 0.274 e. The van der Waals surface area contributed by atoms with Crippen molar-refractivity contribution in [2.45, 2.75) is 25.7 Å². The maximum Gasteiger partial charge on any atom is 0.274 e. The molecule has 0 atom stereocenters. The third kappa shape index (κ3) is 3.45. The summed E-state index contributed by atoms with van der Waals surface area (Å²) in [6.07, 6.45) is 8.48. The molecule has 2 heterocycles. The zero-order valence-electron chi connectivity index (χ0n) is 14.7. The Balaban J connectivity index is 1.33. The molecule has 6 heteroatoms. The van der Waals surface area contributed by atoms with E-state index in [1.165, 1.54) is 29.9 Å². The molecule has 4 rings (SSSR count). The minimum Gasteiger partial charge on any atom is -0.339 e. The van der Waals surface area contributed by atoms with Crippen LogP contribution in [0.2, 0.25) is 0 Å². The summed E-state index contributed by atoms with van der Waals surface area (Å²) < 4.78 is 0. The van der Waals surface area contributed by atoms with E-state index in [0.29, 0.717) is 38.3 Å². The Morgan fingerprint density at radius 3 is 2.50 bits per heavy atom. The van der Waals surface area contributed by atoms with Gasteiger partial charge < -0.3 is 9.80 Å². The van der Waals surface area contributed by atoms with Gasteiger partial charge in [0.05, 0.1) is 12.6 Å². The molecule has 0 spiro atoms. The molecule has 0 radical (unpaired) electrons. The lowest BCUT2D eigenvalue weighted by atomic mass is 10.0. The van der Waals surface area contributed by atoms with Crippen LogP contribution in [0.3, 0.4) is 0 Å². The highest BCUT2D eigenvalue weighted by molar-refractivity contribution is 5.92. The van der Waals surface area contributed by atoms with Crippen LogP contribution < -0.4 is 0 Å². The molecule has 0 N–H and O–H groups in total. The van der Waals surface area contributed by atoms with Gasteiger partial charge in [0.1, 0.15) is 5.69 Å². The maximum absolute atomic E-state index is 12.6. The quantitative estimate of drug-likeness (QED) is 0.841. The number of aryl methyl sites for hydroxylation is 2. The average Bonchev–Trinajstić information content (AvgIpc) is 3.16. The number of hydrogen-bond donors (Lipinski definition) is 0. The Labute approximate surface area is 152 Å². The second-order valence-electron chi connectivity index (χ2n) is 6.90. The normalized spacial score (nSPS) is 16.5. The van der Waals surface area contributed by atoms with Gasteiger partial charge in [-0.2, -0.15) is 0 Å². The van der Waals surface area contributed by atoms with Crippen molar-refractivity contribution in [2.75, 3.05) is 26.2 Å². The second-order valence-corrected chi connectivity index (χ2v) is 6.90. The van der Waals surface area contributed by atoms with E-state index in [0.717, 1.165) is 18.4 Å². The fraction of sp³-hybridized carbons (Fsp3) is 0.400. The standard InChI is InChI=1S/C20H22N4O2/c25-19(13-15-4-5-16-2-1-3-17(16)12-15)23-8-10-24(11-9-23)20(26)18-14-21-6-7-22-18/h4-7,12,14H,1-3,8-11,13H2. The monoisotopic (exact) mass is 350 g/mol. The molecular formula is C20H22N4O2. The van der Waals surface area contributed by atoms with Crippen LogP contribution >= 0.6 is 0 Å². The van der Waals surface area contributed by atoms with Gasteiger partial charge in [0, 0.05) is 38.6 Å². The highest BCUT2D eigenvalue weighted by Crippen LogP contribution is 2.23. The molecule has 1 aromatic heterocycles. The van der Waals surface area contributed by atoms with Gasteiger partial charge >= 0.3 is 0 Å². The van der Waals surface area contributed by atoms with E-state index in [-0.39, 0.29) is 11.8 Å². The molecule has 0 bridgehead atoms. The van der Waals surface area contributed by atoms with E-state index in [9.17, 15) is 9.59 Å². The van der Waals surface area contributed by atoms with Crippen molar-refractivity contribution in [1.82, 2.24) is 19.8 Å². The summed E-state index contributed by atoms with van der Waals surface area (Å²) in [6, 6.07) is 6.44. The predicted octanol–water partition coefficient (Wildman–Crippen LogP) is 1.49. The zero-order chi connectivity index (χ0) is 17.9. The van der Waals surface area contributed by atoms with Crippen molar-refractivity contribution in [1.29, 1.82) is 0 Å². The Hall–Kier alpha value is -2.76. The topological polar surface area (TPSA) is 66.4 Å². The molecule has 1 aliphatic heterocycles. The van der Waals surface area contributed by atoms with Crippen molar-refractivity contribution < 1.29 is 9.59 Å². The van der Waals surface area contributed by atoms with Gasteiger partial charge in [0.25, 0.3) is 5.91 Å². The average molecular weight is 350 g/mol. The Morgan fingerprint density at radius 2 is 1.73 bits per heavy atom. The van der Waals surface area contributed by atoms with Crippen LogP contribution in [-0.4, -0.2) is 57.8 Å². The lowest BCUT2D eigenvalue weighted by molar-refractivity contribution is -0.131. The van der Waals surface area contributed by atoms with Crippen molar-refractivity contribution in [3.63, 3.8) is 0 Å². The number of piperazine rings is 1. The Kier molecular flexibility index (Phi) is 4.65. The van der Waals surface area contributed by atoms with Gasteiger partial charge in [-0.1, -0.05) is 18.2 Å². The van der Waals surface area contributed by atoms with Crippen molar-refractivity contribution in [2.24, 2.45) is 0 Å². The van der Waals surface area contributed by atoms with Crippen molar-refractivity contribution in [3.05, 3.63) is 59.2 Å². The molecular weight excluding hydrogens is 328 g/mol. The zero-order valence-corrected chi connectivity index (χ0v) is 14.7. The largest absolute Gasteiger partial charge is 0.339 e. The first kappa shape index (κ1) is 16.7. The summed E-state index contributed by atoms with van der Waals surface area (Å²) in [6.45, 7) is 2.20. The first-order valence-corrected chi connectivity index (χ1v) is 9.14. The Bertz CT molecular complexity index is 814. The van der Waals surface area contributed by atoms with Gasteiger partial charge in [-0.15, -0.1) is 0 Å². The molecule has 6 nitrogen and oxygen atoms in total. The number of rotatable bonds is 3. The number of aromatic nitrogens is 2. The Morgan fingerprint density at radius 1 is 0.962 bits per heavy atom. The van der Waals surface area contributed by atoms with Gasteiger partial charge in [-0.25, -0.2) is 4.98 Å². The van der Waals surface area contributed by atoms with Crippen LogP contribution in [-0.2, 0) is 24.1 Å². The lowest BCUT2D eigenvalue weighted by Crippen LogP contribution is -2.51. The number of fused-ring (bicyclic) bond motifs is 1. The highest BCUT2D eigenvalue weighted by atomic mass is 16.2. The highest BCUT2D eigenvalue weighted by Gasteiger charge is 2.25. The minimum absolute atomic E-state index is 0.121. The molecule has 26 heavy (non-hydrogen) atoms. The number of benzene rings is 1. The molecule has 2 aliphatic rings. The first-order chi connectivity index (χ1) is 12.7. The summed E-state index contributed by atoms with van der Waals surface area (Å²) in [5.74, 6) is 0.0124.